The van der Waals surface area contributed by atoms with Crippen LogP contribution < -0.4 is 5.32 Å². The Kier molecular flexibility index (Phi) is 9.92. The van der Waals surface area contributed by atoms with Gasteiger partial charge in [-0.15, -0.1) is 0 Å². The van der Waals surface area contributed by atoms with Crippen LogP contribution in [0.15, 0.2) is 36.4 Å². The number of nitrogens with zero attached hydrogens (tertiary/aromatic N) is 5. The Labute approximate surface area is 288 Å². The first-order chi connectivity index (χ1) is 23.2. The van der Waals surface area contributed by atoms with E-state index < -0.39 is 10.0 Å². The van der Waals surface area contributed by atoms with Crippen molar-refractivity contribution in [2.45, 2.75) is 57.8 Å². The monoisotopic (exact) mass is 690 g/mol. The predicted molar refractivity (Wildman–Crippen MR) is 186 cm³/mol. The Morgan fingerprint density at radius 3 is 2.62 bits per heavy atom. The summed E-state index contributed by atoms with van der Waals surface area (Å²) in [4.78, 5) is 17.4. The first-order valence-corrected chi connectivity index (χ1v) is 19.3. The summed E-state index contributed by atoms with van der Waals surface area (Å²) in [6, 6.07) is 11.7. The zero-order valence-electron chi connectivity index (χ0n) is 27.5. The fourth-order valence-electron chi connectivity index (χ4n) is 7.27. The fourth-order valence-corrected chi connectivity index (χ4v) is 8.22. The number of hydrogen-bond donors (Lipinski definition) is 1. The third-order valence-corrected chi connectivity index (χ3v) is 11.6. The zero-order chi connectivity index (χ0) is 33.3. The molecule has 2 saturated heterocycles. The highest BCUT2D eigenvalue weighted by Crippen LogP contribution is 2.33. The lowest BCUT2D eigenvalue weighted by molar-refractivity contribution is -0.132. The van der Waals surface area contributed by atoms with E-state index in [1.165, 1.54) is 16.1 Å². The number of carbonyl (C=O) groups is 1. The minimum absolute atomic E-state index is 0.194. The van der Waals surface area contributed by atoms with Crippen molar-refractivity contribution >= 4 is 27.5 Å². The van der Waals surface area contributed by atoms with Gasteiger partial charge in [0.1, 0.15) is 0 Å². The summed E-state index contributed by atoms with van der Waals surface area (Å²) in [7, 11) is -3.35. The van der Waals surface area contributed by atoms with E-state index >= 15 is 0 Å². The molecule has 10 nitrogen and oxygen atoms in total. The van der Waals surface area contributed by atoms with Crippen molar-refractivity contribution in [1.82, 2.24) is 29.2 Å². The van der Waals surface area contributed by atoms with E-state index in [4.69, 9.17) is 21.4 Å². The smallest absolute Gasteiger partial charge is 0.240 e. The quantitative estimate of drug-likeness (QED) is 0.380. The van der Waals surface area contributed by atoms with Gasteiger partial charge in [0.05, 0.1) is 36.2 Å². The molecule has 1 unspecified atom stereocenters. The Morgan fingerprint density at radius 2 is 1.83 bits per heavy atom. The number of benzene rings is 2. The average Bonchev–Trinajstić information content (AvgIpc) is 3.76. The zero-order valence-corrected chi connectivity index (χ0v) is 29.1. The molecule has 0 bridgehead atoms. The van der Waals surface area contributed by atoms with E-state index in [1.807, 2.05) is 29.2 Å². The van der Waals surface area contributed by atoms with Gasteiger partial charge in [-0.2, -0.15) is 9.40 Å². The number of aromatic nitrogens is 2. The maximum Gasteiger partial charge on any atom is 0.240 e. The largest absolute Gasteiger partial charge is 0.379 e. The van der Waals surface area contributed by atoms with Crippen LogP contribution in [0.3, 0.4) is 0 Å². The standard InChI is InChI=1S/C36H43ClN6O4S/c1-48(45,46)42-16-11-34-31(25-42)35(39-43(34)15-4-12-40-17-19-47-20-18-40)28-9-10-32(37)27(22-28)7-5-26-6-8-29-24-38-33(23-30(29)21-26)36(44)41-13-2-3-14-41/h6,8-10,21-22,33,38H,2-4,11-20,23-25H2,1H3. The van der Waals surface area contributed by atoms with E-state index in [0.29, 0.717) is 43.1 Å². The van der Waals surface area contributed by atoms with Gasteiger partial charge in [-0.1, -0.05) is 35.6 Å². The highest BCUT2D eigenvalue weighted by Gasteiger charge is 2.31. The van der Waals surface area contributed by atoms with Crippen LogP contribution in [0.25, 0.3) is 11.3 Å². The van der Waals surface area contributed by atoms with E-state index in [2.05, 4.69) is 38.9 Å². The number of morpholine rings is 1. The summed E-state index contributed by atoms with van der Waals surface area (Å²) in [6.45, 7) is 8.28. The van der Waals surface area contributed by atoms with Crippen LogP contribution >= 0.6 is 11.6 Å². The molecule has 1 N–H and O–H groups in total. The van der Waals surface area contributed by atoms with Gasteiger partial charge in [0.2, 0.25) is 15.9 Å². The first kappa shape index (κ1) is 33.3. The fraction of sp³-hybridized carbons (Fsp3) is 0.500. The number of amides is 1. The van der Waals surface area contributed by atoms with Gasteiger partial charge in [-0.25, -0.2) is 8.42 Å². The second kappa shape index (κ2) is 14.3. The van der Waals surface area contributed by atoms with Gasteiger partial charge in [-0.3, -0.25) is 14.4 Å². The van der Waals surface area contributed by atoms with Crippen molar-refractivity contribution < 1.29 is 17.9 Å². The highest BCUT2D eigenvalue weighted by atomic mass is 35.5. The normalized spacial score (nSPS) is 20.2. The minimum atomic E-state index is -3.35. The maximum atomic E-state index is 13.0. The molecule has 0 saturated carbocycles. The summed E-state index contributed by atoms with van der Waals surface area (Å²) >= 11 is 6.68. The molecule has 7 rings (SSSR count). The van der Waals surface area contributed by atoms with Crippen molar-refractivity contribution in [3.8, 4) is 23.1 Å². The lowest BCUT2D eigenvalue weighted by atomic mass is 9.93. The summed E-state index contributed by atoms with van der Waals surface area (Å²) < 4.78 is 34.2. The number of aryl methyl sites for hydroxylation is 1. The number of halogens is 1. The van der Waals surface area contributed by atoms with Crippen molar-refractivity contribution in [2.75, 3.05) is 58.7 Å². The molecule has 3 aromatic rings. The molecule has 12 heteroatoms. The van der Waals surface area contributed by atoms with Gasteiger partial charge in [0.25, 0.3) is 0 Å². The van der Waals surface area contributed by atoms with Crippen LogP contribution in [0.2, 0.25) is 5.02 Å². The minimum Gasteiger partial charge on any atom is -0.379 e. The summed E-state index contributed by atoms with van der Waals surface area (Å²) in [5.74, 6) is 6.79. The molecule has 1 aromatic heterocycles. The summed E-state index contributed by atoms with van der Waals surface area (Å²) in [5.41, 5.74) is 7.58. The van der Waals surface area contributed by atoms with Crippen LogP contribution in [0, 0.1) is 11.8 Å². The van der Waals surface area contributed by atoms with Crippen LogP contribution in [-0.2, 0) is 52.0 Å². The lowest BCUT2D eigenvalue weighted by Gasteiger charge is -2.29. The third kappa shape index (κ3) is 7.34. The number of carbonyl (C=O) groups excluding carboxylic acids is 1. The molecule has 1 atom stereocenters. The number of ether oxygens (including phenoxy) is 1. The van der Waals surface area contributed by atoms with Gasteiger partial charge < -0.3 is 15.0 Å². The van der Waals surface area contributed by atoms with E-state index in [0.717, 1.165) is 105 Å². The first-order valence-electron chi connectivity index (χ1n) is 17.0. The molecule has 1 amide bonds. The Bertz CT molecular complexity index is 1850. The maximum absolute atomic E-state index is 13.0. The molecule has 0 radical (unpaired) electrons. The molecule has 0 spiro atoms. The molecule has 4 aliphatic heterocycles. The number of likely N-dealkylation sites (tertiary alicyclic amines) is 1. The summed E-state index contributed by atoms with van der Waals surface area (Å²) in [5, 5.41) is 9.04. The number of rotatable bonds is 7. The predicted octanol–water partition coefficient (Wildman–Crippen LogP) is 3.28. The molecule has 48 heavy (non-hydrogen) atoms. The second-order valence-corrected chi connectivity index (χ2v) is 15.6. The van der Waals surface area contributed by atoms with E-state index in [-0.39, 0.29) is 11.9 Å². The average molecular weight is 691 g/mol. The topological polar surface area (TPSA) is 100 Å². The van der Waals surface area contributed by atoms with Crippen molar-refractivity contribution in [3.63, 3.8) is 0 Å². The number of nitrogens with one attached hydrogen (secondary N) is 1. The number of fused-ring (bicyclic) bond motifs is 2. The van der Waals surface area contributed by atoms with Gasteiger partial charge >= 0.3 is 0 Å². The SMILES string of the molecule is CS(=O)(=O)N1CCc2c(c(-c3ccc(Cl)c(C#Cc4ccc5c(c4)CC(C(=O)N4CCCC4)NC5)c3)nn2CCCN2CCOCC2)C1. The highest BCUT2D eigenvalue weighted by molar-refractivity contribution is 7.88. The second-order valence-electron chi connectivity index (χ2n) is 13.2. The van der Waals surface area contributed by atoms with Crippen LogP contribution in [0.1, 0.15) is 52.8 Å². The van der Waals surface area contributed by atoms with Crippen LogP contribution in [-0.4, -0.2) is 103 Å². The van der Waals surface area contributed by atoms with Crippen molar-refractivity contribution in [1.29, 1.82) is 0 Å². The van der Waals surface area contributed by atoms with Crippen molar-refractivity contribution in [3.05, 3.63) is 74.9 Å². The van der Waals surface area contributed by atoms with Gasteiger partial charge in [0.15, 0.2) is 0 Å². The van der Waals surface area contributed by atoms with Crippen molar-refractivity contribution in [2.24, 2.45) is 0 Å². The van der Waals surface area contributed by atoms with E-state index in [9.17, 15) is 13.2 Å². The number of sulfonamides is 1. The Morgan fingerprint density at radius 1 is 1.02 bits per heavy atom. The molecule has 0 aliphatic carbocycles. The Balaban J connectivity index is 1.13. The van der Waals surface area contributed by atoms with Gasteiger partial charge in [0, 0.05) is 93.3 Å². The van der Waals surface area contributed by atoms with E-state index in [1.54, 1.807) is 0 Å². The molecular formula is C36H43ClN6O4S. The molecule has 5 heterocycles. The third-order valence-electron chi connectivity index (χ3n) is 9.98. The number of hydrogen-bond acceptors (Lipinski definition) is 7. The van der Waals surface area contributed by atoms with Crippen LogP contribution in [0.4, 0.5) is 0 Å². The van der Waals surface area contributed by atoms with Gasteiger partial charge in [-0.05, 0) is 61.1 Å². The lowest BCUT2D eigenvalue weighted by Crippen LogP contribution is -2.48. The molecule has 2 aromatic carbocycles. The summed E-state index contributed by atoms with van der Waals surface area (Å²) in [6.07, 6.45) is 5.65. The molecule has 4 aliphatic rings. The van der Waals surface area contributed by atoms with Crippen LogP contribution in [0.5, 0.6) is 0 Å². The molecular weight excluding hydrogens is 648 g/mol. The molecule has 254 valence electrons. The molecule has 2 fully saturated rings. The Hall–Kier alpha value is -3.24.